The van der Waals surface area contributed by atoms with Crippen molar-refractivity contribution in [2.75, 3.05) is 9.80 Å². The maximum absolute atomic E-state index is 2.42. The van der Waals surface area contributed by atoms with Crippen molar-refractivity contribution < 1.29 is 0 Å². The van der Waals surface area contributed by atoms with E-state index in [1.807, 2.05) is 0 Å². The van der Waals surface area contributed by atoms with Crippen LogP contribution in [-0.2, 0) is 0 Å². The smallest absolute Gasteiger partial charge is 0.0547 e. The second kappa shape index (κ2) is 27.4. The minimum absolute atomic E-state index is 1.08. The number of nitrogens with zero attached hydrogens (tertiary/aromatic N) is 6. The fraction of sp³-hybridized carbons (Fsp3) is 0. The van der Waals surface area contributed by atoms with Gasteiger partial charge in [-0.1, -0.05) is 249 Å². The van der Waals surface area contributed by atoms with Crippen LogP contribution in [0.5, 0.6) is 0 Å². The third-order valence-corrected chi connectivity index (χ3v) is 23.2. The van der Waals surface area contributed by atoms with Crippen LogP contribution in [0.2, 0.25) is 0 Å². The first-order valence-corrected chi connectivity index (χ1v) is 39.1. The Labute approximate surface area is 660 Å². The topological polar surface area (TPSA) is 26.2 Å². The zero-order valence-corrected chi connectivity index (χ0v) is 62.3. The van der Waals surface area contributed by atoms with Crippen LogP contribution in [0.1, 0.15) is 0 Å². The van der Waals surface area contributed by atoms with Crippen LogP contribution in [0.4, 0.5) is 34.1 Å². The highest BCUT2D eigenvalue weighted by molar-refractivity contribution is 6.15. The van der Waals surface area contributed by atoms with E-state index in [0.717, 1.165) is 101 Å². The summed E-state index contributed by atoms with van der Waals surface area (Å²) < 4.78 is 9.59. The summed E-state index contributed by atoms with van der Waals surface area (Å²) in [6.45, 7) is 0. The van der Waals surface area contributed by atoms with E-state index in [4.69, 9.17) is 0 Å². The molecule has 0 aliphatic carbocycles. The maximum atomic E-state index is 2.42. The summed E-state index contributed by atoms with van der Waals surface area (Å²) in [7, 11) is 0. The van der Waals surface area contributed by atoms with Crippen LogP contribution in [0.15, 0.2) is 437 Å². The van der Waals surface area contributed by atoms with Crippen molar-refractivity contribution in [3.63, 3.8) is 0 Å². The fourth-order valence-electron chi connectivity index (χ4n) is 17.7. The number of fused-ring (bicyclic) bond motifs is 12. The maximum Gasteiger partial charge on any atom is 0.0547 e. The average Bonchev–Trinajstić information content (AvgIpc) is 1.60. The molecule has 0 fully saturated rings. The molecule has 114 heavy (non-hydrogen) atoms. The number of aromatic nitrogens is 4. The van der Waals surface area contributed by atoms with Crippen LogP contribution in [0.25, 0.3) is 166 Å². The monoisotopic (exact) mass is 1450 g/mol. The molecule has 0 amide bonds. The summed E-state index contributed by atoms with van der Waals surface area (Å²) in [4.78, 5) is 4.69. The molecule has 0 N–H and O–H groups in total. The molecule has 0 unspecified atom stereocenters. The first-order valence-electron chi connectivity index (χ1n) is 39.1. The molecule has 6 heteroatoms. The first kappa shape index (κ1) is 65.8. The normalized spacial score (nSPS) is 11.7. The van der Waals surface area contributed by atoms with Gasteiger partial charge in [-0.3, -0.25) is 0 Å². The van der Waals surface area contributed by atoms with Gasteiger partial charge in [0.15, 0.2) is 0 Å². The van der Waals surface area contributed by atoms with Crippen LogP contribution in [0.3, 0.4) is 0 Å². The van der Waals surface area contributed by atoms with Crippen LogP contribution >= 0.6 is 0 Å². The minimum Gasteiger partial charge on any atom is -0.311 e. The highest BCUT2D eigenvalue weighted by atomic mass is 15.1. The number of hydrogen-bond donors (Lipinski definition) is 0. The Morgan fingerprint density at radius 3 is 0.667 bits per heavy atom. The van der Waals surface area contributed by atoms with Crippen molar-refractivity contribution in [2.45, 2.75) is 0 Å². The highest BCUT2D eigenvalue weighted by Crippen LogP contribution is 2.45. The van der Waals surface area contributed by atoms with Gasteiger partial charge < -0.3 is 28.1 Å². The Kier molecular flexibility index (Phi) is 15.8. The van der Waals surface area contributed by atoms with Gasteiger partial charge >= 0.3 is 0 Å². The predicted octanol–water partition coefficient (Wildman–Crippen LogP) is 29.3. The lowest BCUT2D eigenvalue weighted by atomic mass is 9.99. The molecule has 0 saturated heterocycles. The Hall–Kier alpha value is -15.2. The Morgan fingerprint density at radius 1 is 0.123 bits per heavy atom. The zero-order valence-electron chi connectivity index (χ0n) is 62.3. The van der Waals surface area contributed by atoms with Gasteiger partial charge in [-0.15, -0.1) is 0 Å². The summed E-state index contributed by atoms with van der Waals surface area (Å²) in [5.41, 5.74) is 32.2. The molecule has 0 aliphatic rings. The Morgan fingerprint density at radius 2 is 0.325 bits per heavy atom. The van der Waals surface area contributed by atoms with Crippen molar-refractivity contribution in [3.8, 4) is 78.4 Å². The van der Waals surface area contributed by atoms with Crippen molar-refractivity contribution in [3.05, 3.63) is 437 Å². The first-order chi connectivity index (χ1) is 56.5. The molecule has 534 valence electrons. The fourth-order valence-corrected chi connectivity index (χ4v) is 17.7. The van der Waals surface area contributed by atoms with Crippen molar-refractivity contribution in [1.82, 2.24) is 18.3 Å². The summed E-state index contributed by atoms with van der Waals surface area (Å²) in [6, 6.07) is 160. The van der Waals surface area contributed by atoms with Crippen molar-refractivity contribution in [2.24, 2.45) is 0 Å². The van der Waals surface area contributed by atoms with Gasteiger partial charge in [0.1, 0.15) is 0 Å². The van der Waals surface area contributed by atoms with Gasteiger partial charge in [0.05, 0.1) is 44.1 Å². The quantitative estimate of drug-likeness (QED) is 0.102. The van der Waals surface area contributed by atoms with Gasteiger partial charge in [0, 0.05) is 100.0 Å². The molecule has 0 spiro atoms. The van der Waals surface area contributed by atoms with E-state index in [9.17, 15) is 0 Å². The molecule has 18 aromatic carbocycles. The van der Waals surface area contributed by atoms with E-state index in [2.05, 4.69) is 465 Å². The molecule has 22 aromatic rings. The van der Waals surface area contributed by atoms with Crippen LogP contribution in [0, 0.1) is 0 Å². The van der Waals surface area contributed by atoms with E-state index < -0.39 is 0 Å². The standard InChI is InChI=1S/C108H72N6/c1-5-21-83(22-6-1)109(87-53-37-73(38-54-87)75-41-61-91(62-42-75)112-101-33-17-13-29-93(101)94-30-14-18-34-102(94)112)88-55-39-74(40-56-88)76-43-63-92(64-44-76)113-104-36-20-16-32-96(104)98-70-80(51-67-105(98)113)81-52-68-107-100(71-81)99-69-79(50-66-106(99)111(107)85-25-9-3-10-26-85)77-45-57-89(58-46-77)110(84-23-7-2-8-24-84)90-59-47-78(48-60-90)82-49-65-97-95-31-15-19-35-103(95)114(108(97)72-82)86-27-11-4-12-28-86/h1-72H. The summed E-state index contributed by atoms with van der Waals surface area (Å²) >= 11 is 0. The van der Waals surface area contributed by atoms with Crippen LogP contribution < -0.4 is 9.80 Å². The van der Waals surface area contributed by atoms with E-state index in [0.29, 0.717) is 0 Å². The number of rotatable bonds is 15. The second-order valence-corrected chi connectivity index (χ2v) is 29.6. The van der Waals surface area contributed by atoms with E-state index in [1.165, 1.54) is 98.5 Å². The van der Waals surface area contributed by atoms with Crippen molar-refractivity contribution >= 4 is 121 Å². The molecular formula is C108H72N6. The van der Waals surface area contributed by atoms with Gasteiger partial charge in [0.2, 0.25) is 0 Å². The van der Waals surface area contributed by atoms with E-state index in [1.54, 1.807) is 0 Å². The molecular weight excluding hydrogens is 1380 g/mol. The lowest BCUT2D eigenvalue weighted by Gasteiger charge is -2.26. The lowest BCUT2D eigenvalue weighted by molar-refractivity contribution is 1.18. The predicted molar refractivity (Wildman–Crippen MR) is 480 cm³/mol. The Balaban J connectivity index is 0.545. The molecule has 0 bridgehead atoms. The molecule has 4 heterocycles. The van der Waals surface area contributed by atoms with Gasteiger partial charge in [0.25, 0.3) is 0 Å². The summed E-state index contributed by atoms with van der Waals surface area (Å²) in [6.07, 6.45) is 0. The molecule has 0 aliphatic heterocycles. The average molecular weight is 1450 g/mol. The lowest BCUT2D eigenvalue weighted by Crippen LogP contribution is -2.09. The third kappa shape index (κ3) is 11.3. The van der Waals surface area contributed by atoms with E-state index >= 15 is 0 Å². The number of anilines is 6. The zero-order chi connectivity index (χ0) is 75.2. The molecule has 4 aromatic heterocycles. The largest absolute Gasteiger partial charge is 0.311 e. The number of benzene rings is 18. The number of hydrogen-bond acceptors (Lipinski definition) is 2. The van der Waals surface area contributed by atoms with Gasteiger partial charge in [-0.25, -0.2) is 0 Å². The number of para-hydroxylation sites is 8. The second-order valence-electron chi connectivity index (χ2n) is 29.6. The van der Waals surface area contributed by atoms with Gasteiger partial charge in [-0.05, 0) is 244 Å². The van der Waals surface area contributed by atoms with Crippen LogP contribution in [-0.4, -0.2) is 18.3 Å². The molecule has 0 saturated carbocycles. The van der Waals surface area contributed by atoms with Crippen molar-refractivity contribution in [1.29, 1.82) is 0 Å². The third-order valence-electron chi connectivity index (χ3n) is 23.2. The minimum atomic E-state index is 1.08. The summed E-state index contributed by atoms with van der Waals surface area (Å²) in [5, 5.41) is 9.85. The van der Waals surface area contributed by atoms with E-state index in [-0.39, 0.29) is 0 Å². The molecule has 22 rings (SSSR count). The molecule has 0 atom stereocenters. The van der Waals surface area contributed by atoms with Gasteiger partial charge in [-0.2, -0.15) is 0 Å². The molecule has 0 radical (unpaired) electrons. The highest BCUT2D eigenvalue weighted by Gasteiger charge is 2.22. The molecule has 6 nitrogen and oxygen atoms in total. The Bertz CT molecular complexity index is 7330. The summed E-state index contributed by atoms with van der Waals surface area (Å²) in [5.74, 6) is 0. The SMILES string of the molecule is c1ccc(N(c2ccc(-c3ccc(-n4c5ccccc5c5ccccc54)cc3)cc2)c2ccc(-c3ccc(-n4c5ccccc5c5cc(-c6ccc7c(c6)c6cc(-c8ccc(N(c9ccccc9)c9ccc(-c%10ccc%11c%12ccccc%12n(-c%12ccccc%12)c%11c%10)cc9)cc8)ccc6n7-c6ccccc6)ccc54)cc3)cc2)cc1.